The lowest BCUT2D eigenvalue weighted by atomic mass is 9.98. The number of ether oxygens (including phenoxy) is 1. The highest BCUT2D eigenvalue weighted by atomic mass is 16.5. The molecule has 7 heteroatoms. The zero-order valence-electron chi connectivity index (χ0n) is 14.5. The van der Waals surface area contributed by atoms with Crippen LogP contribution in [-0.4, -0.2) is 44.7 Å². The standard InChI is InChI=1S/C18H24N4O3/c1-2-12-10-17(23)22-16(19-12)11-13(20-22)14-6-3-4-8-21(14)18(24)15-7-5-9-25-15/h10-11,14-15,20H,2-9H2,1H3/t14-,15+/m0/s1. The molecule has 0 saturated carbocycles. The van der Waals surface area contributed by atoms with E-state index in [-0.39, 0.29) is 23.6 Å². The number of carbonyl (C=O) groups is 1. The Morgan fingerprint density at radius 3 is 2.96 bits per heavy atom. The number of nitrogens with one attached hydrogen (secondary N) is 1. The highest BCUT2D eigenvalue weighted by Crippen LogP contribution is 2.32. The highest BCUT2D eigenvalue weighted by Gasteiger charge is 2.35. The van der Waals surface area contributed by atoms with E-state index in [1.807, 2.05) is 17.9 Å². The van der Waals surface area contributed by atoms with Crippen LogP contribution in [0.4, 0.5) is 0 Å². The van der Waals surface area contributed by atoms with Gasteiger partial charge in [-0.2, -0.15) is 0 Å². The zero-order valence-corrected chi connectivity index (χ0v) is 14.5. The van der Waals surface area contributed by atoms with E-state index in [1.165, 1.54) is 4.52 Å². The van der Waals surface area contributed by atoms with Crippen molar-refractivity contribution in [3.8, 4) is 0 Å². The van der Waals surface area contributed by atoms with Crippen LogP contribution >= 0.6 is 0 Å². The molecule has 0 bridgehead atoms. The molecular formula is C18H24N4O3. The topological polar surface area (TPSA) is 79.7 Å². The Morgan fingerprint density at radius 2 is 2.20 bits per heavy atom. The summed E-state index contributed by atoms with van der Waals surface area (Å²) in [5.41, 5.74) is 2.17. The van der Waals surface area contributed by atoms with Crippen LogP contribution in [0.3, 0.4) is 0 Å². The molecule has 4 heterocycles. The van der Waals surface area contributed by atoms with Crippen molar-refractivity contribution in [3.63, 3.8) is 0 Å². The molecule has 25 heavy (non-hydrogen) atoms. The smallest absolute Gasteiger partial charge is 0.272 e. The molecule has 7 nitrogen and oxygen atoms in total. The Morgan fingerprint density at radius 1 is 1.32 bits per heavy atom. The fourth-order valence-corrected chi connectivity index (χ4v) is 3.89. The lowest BCUT2D eigenvalue weighted by Crippen LogP contribution is -2.44. The third-order valence-electron chi connectivity index (χ3n) is 5.24. The first-order chi connectivity index (χ1) is 12.2. The van der Waals surface area contributed by atoms with Crippen LogP contribution in [0, 0.1) is 0 Å². The van der Waals surface area contributed by atoms with Gasteiger partial charge in [-0.25, -0.2) is 9.50 Å². The number of rotatable bonds is 3. The third-order valence-corrected chi connectivity index (χ3v) is 5.24. The first-order valence-corrected chi connectivity index (χ1v) is 9.21. The number of hydrogen-bond donors (Lipinski definition) is 1. The average molecular weight is 344 g/mol. The van der Waals surface area contributed by atoms with Gasteiger partial charge in [-0.05, 0) is 38.5 Å². The van der Waals surface area contributed by atoms with Gasteiger partial charge in [0.25, 0.3) is 11.5 Å². The van der Waals surface area contributed by atoms with Crippen molar-refractivity contribution in [3.05, 3.63) is 33.9 Å². The highest BCUT2D eigenvalue weighted by molar-refractivity contribution is 5.81. The number of aromatic amines is 1. The summed E-state index contributed by atoms with van der Waals surface area (Å²) < 4.78 is 7.06. The minimum absolute atomic E-state index is 0.0448. The van der Waals surface area contributed by atoms with Gasteiger partial charge in [-0.15, -0.1) is 0 Å². The van der Waals surface area contributed by atoms with Crippen molar-refractivity contribution in [1.82, 2.24) is 19.5 Å². The number of nitrogens with zero attached hydrogens (tertiary/aromatic N) is 3. The quantitative estimate of drug-likeness (QED) is 0.921. The van der Waals surface area contributed by atoms with E-state index in [9.17, 15) is 9.59 Å². The number of aryl methyl sites for hydroxylation is 1. The van der Waals surface area contributed by atoms with Crippen LogP contribution in [-0.2, 0) is 16.0 Å². The fourth-order valence-electron chi connectivity index (χ4n) is 3.89. The maximum absolute atomic E-state index is 12.9. The Hall–Kier alpha value is -2.15. The molecule has 1 amide bonds. The summed E-state index contributed by atoms with van der Waals surface area (Å²) in [6.45, 7) is 3.39. The van der Waals surface area contributed by atoms with Crippen LogP contribution in [0.15, 0.2) is 16.9 Å². The Labute approximate surface area is 146 Å². The van der Waals surface area contributed by atoms with Gasteiger partial charge < -0.3 is 9.64 Å². The van der Waals surface area contributed by atoms with Gasteiger partial charge in [0.2, 0.25) is 0 Å². The molecule has 2 aliphatic heterocycles. The van der Waals surface area contributed by atoms with E-state index in [0.29, 0.717) is 12.3 Å². The number of fused-ring (bicyclic) bond motifs is 1. The van der Waals surface area contributed by atoms with Gasteiger partial charge in [0.15, 0.2) is 5.65 Å². The summed E-state index contributed by atoms with van der Waals surface area (Å²) in [5.74, 6) is 0.0791. The van der Waals surface area contributed by atoms with Gasteiger partial charge in [-0.3, -0.25) is 14.7 Å². The normalized spacial score (nSPS) is 24.1. The molecule has 1 N–H and O–H groups in total. The van der Waals surface area contributed by atoms with Gasteiger partial charge in [0.05, 0.1) is 11.7 Å². The predicted molar refractivity (Wildman–Crippen MR) is 92.5 cm³/mol. The number of amides is 1. The Bertz CT molecular complexity index is 834. The van der Waals surface area contributed by atoms with Gasteiger partial charge in [0.1, 0.15) is 6.10 Å². The van der Waals surface area contributed by atoms with Crippen molar-refractivity contribution in [1.29, 1.82) is 0 Å². The summed E-state index contributed by atoms with van der Waals surface area (Å²) in [4.78, 5) is 31.6. The first kappa shape index (κ1) is 16.3. The predicted octanol–water partition coefficient (Wildman–Crippen LogP) is 1.82. The van der Waals surface area contributed by atoms with E-state index in [0.717, 1.165) is 56.5 Å². The van der Waals surface area contributed by atoms with Crippen LogP contribution in [0.5, 0.6) is 0 Å². The van der Waals surface area contributed by atoms with Crippen molar-refractivity contribution in [2.45, 2.75) is 57.6 Å². The number of piperidine rings is 1. The van der Waals surface area contributed by atoms with Gasteiger partial charge in [0, 0.05) is 31.0 Å². The molecule has 2 saturated heterocycles. The van der Waals surface area contributed by atoms with Crippen molar-refractivity contribution in [2.75, 3.05) is 13.2 Å². The second-order valence-electron chi connectivity index (χ2n) is 6.89. The lowest BCUT2D eigenvalue weighted by molar-refractivity contribution is -0.145. The minimum atomic E-state index is -0.308. The second kappa shape index (κ2) is 6.63. The number of H-pyrrole nitrogens is 1. The summed E-state index contributed by atoms with van der Waals surface area (Å²) in [7, 11) is 0. The SMILES string of the molecule is CCc1cc(=O)n2[nH]c([C@@H]3CCCCN3C(=O)[C@H]3CCCO3)cc2n1. The summed E-state index contributed by atoms with van der Waals surface area (Å²) in [6.07, 6.45) is 5.12. The van der Waals surface area contributed by atoms with Crippen LogP contribution in [0.2, 0.25) is 0 Å². The van der Waals surface area contributed by atoms with E-state index in [1.54, 1.807) is 6.07 Å². The van der Waals surface area contributed by atoms with Gasteiger partial charge in [-0.1, -0.05) is 6.92 Å². The van der Waals surface area contributed by atoms with Crippen LogP contribution < -0.4 is 5.56 Å². The second-order valence-corrected chi connectivity index (χ2v) is 6.89. The van der Waals surface area contributed by atoms with Crippen LogP contribution in [0.1, 0.15) is 56.5 Å². The maximum Gasteiger partial charge on any atom is 0.272 e. The van der Waals surface area contributed by atoms with Crippen LogP contribution in [0.25, 0.3) is 5.65 Å². The molecule has 0 radical (unpaired) electrons. The van der Waals surface area contributed by atoms with E-state index in [4.69, 9.17) is 4.74 Å². The molecule has 2 aromatic heterocycles. The largest absolute Gasteiger partial charge is 0.368 e. The summed E-state index contributed by atoms with van der Waals surface area (Å²) >= 11 is 0. The Kier molecular flexibility index (Phi) is 4.33. The monoisotopic (exact) mass is 344 g/mol. The van der Waals surface area contributed by atoms with Gasteiger partial charge >= 0.3 is 0 Å². The molecule has 4 rings (SSSR count). The molecule has 134 valence electrons. The van der Waals surface area contributed by atoms with Crippen molar-refractivity contribution < 1.29 is 9.53 Å². The number of carbonyl (C=O) groups excluding carboxylic acids is 1. The van der Waals surface area contributed by atoms with E-state index >= 15 is 0 Å². The molecule has 0 unspecified atom stereocenters. The van der Waals surface area contributed by atoms with E-state index < -0.39 is 0 Å². The maximum atomic E-state index is 12.9. The zero-order chi connectivity index (χ0) is 17.4. The van der Waals surface area contributed by atoms with E-state index in [2.05, 4.69) is 10.1 Å². The molecule has 2 aromatic rings. The molecule has 2 atom stereocenters. The summed E-state index contributed by atoms with van der Waals surface area (Å²) in [6, 6.07) is 3.42. The number of hydrogen-bond acceptors (Lipinski definition) is 4. The minimum Gasteiger partial charge on any atom is -0.368 e. The number of likely N-dealkylation sites (tertiary alicyclic amines) is 1. The lowest BCUT2D eigenvalue weighted by Gasteiger charge is -2.36. The molecule has 0 aromatic carbocycles. The molecule has 0 aliphatic carbocycles. The van der Waals surface area contributed by atoms with Crippen molar-refractivity contribution >= 4 is 11.6 Å². The molecule has 2 fully saturated rings. The fraction of sp³-hybridized carbons (Fsp3) is 0.611. The molecular weight excluding hydrogens is 320 g/mol. The van der Waals surface area contributed by atoms with Crippen molar-refractivity contribution in [2.24, 2.45) is 0 Å². The third kappa shape index (κ3) is 2.97. The number of aromatic nitrogens is 3. The first-order valence-electron chi connectivity index (χ1n) is 9.21. The Balaban J connectivity index is 1.68. The average Bonchev–Trinajstić information content (AvgIpc) is 3.31. The molecule has 2 aliphatic rings. The summed E-state index contributed by atoms with van der Waals surface area (Å²) in [5, 5.41) is 3.17. The molecule has 0 spiro atoms.